The number of pyridine rings is 1. The normalized spacial score (nSPS) is 10.5. The molecular formula is C18H16N6O8. The van der Waals surface area contributed by atoms with E-state index in [1.807, 2.05) is 11.5 Å². The maximum absolute atomic E-state index is 12.0. The smallest absolute Gasteiger partial charge is 0.318 e. The van der Waals surface area contributed by atoms with E-state index in [0.717, 1.165) is 12.3 Å². The molecule has 0 bridgehead atoms. The van der Waals surface area contributed by atoms with E-state index in [-0.39, 0.29) is 23.6 Å². The Morgan fingerprint density at radius 1 is 1.34 bits per heavy atom. The highest BCUT2D eigenvalue weighted by Crippen LogP contribution is 2.33. The van der Waals surface area contributed by atoms with Gasteiger partial charge >= 0.3 is 5.69 Å². The lowest BCUT2D eigenvalue weighted by Gasteiger charge is -2.10. The third-order valence-corrected chi connectivity index (χ3v) is 3.85. The Hall–Kier alpha value is -4.64. The molecule has 0 aliphatic rings. The number of nitriles is 1. The number of aromatic nitrogens is 1. The molecular weight excluding hydrogens is 428 g/mol. The number of phenolic OH excluding ortho intramolecular Hbond substituents is 1. The fourth-order valence-electron chi connectivity index (χ4n) is 2.51. The van der Waals surface area contributed by atoms with E-state index >= 15 is 0 Å². The number of aryl methyl sites for hydroxylation is 1. The van der Waals surface area contributed by atoms with Gasteiger partial charge < -0.3 is 14.6 Å². The third kappa shape index (κ3) is 5.70. The van der Waals surface area contributed by atoms with E-state index in [1.54, 1.807) is 13.0 Å². The maximum Gasteiger partial charge on any atom is 0.318 e. The number of amides is 1. The summed E-state index contributed by atoms with van der Waals surface area (Å²) in [5.41, 5.74) is 1.30. The molecule has 0 spiro atoms. The Labute approximate surface area is 180 Å². The number of nitro groups is 2. The molecule has 14 heteroatoms. The number of nitro benzene ring substituents is 2. The standard InChI is InChI=1S/C18H16N6O8/c1-10-3-12(8-31-2)14(6-19)18(21-10)32-9-16(25)22-20-7-11-4-13(23(27)28)5-15(17(11)26)24(29)30/h3-5,7,26H,8-9H2,1-2H3,(H,22,25). The van der Waals surface area contributed by atoms with Crippen molar-refractivity contribution in [2.75, 3.05) is 13.7 Å². The number of nitrogens with one attached hydrogen (secondary N) is 1. The summed E-state index contributed by atoms with van der Waals surface area (Å²) in [6, 6.07) is 5.02. The Balaban J connectivity index is 2.12. The number of phenols is 1. The van der Waals surface area contributed by atoms with Crippen LogP contribution in [-0.4, -0.2) is 45.8 Å². The topological polar surface area (TPSA) is 203 Å². The first-order valence-corrected chi connectivity index (χ1v) is 8.68. The molecule has 1 amide bonds. The van der Waals surface area contributed by atoms with Gasteiger partial charge in [0.1, 0.15) is 11.6 Å². The van der Waals surface area contributed by atoms with Gasteiger partial charge in [-0.2, -0.15) is 10.4 Å². The van der Waals surface area contributed by atoms with Crippen molar-refractivity contribution in [3.63, 3.8) is 0 Å². The van der Waals surface area contributed by atoms with E-state index in [1.165, 1.54) is 7.11 Å². The molecule has 2 aromatic rings. The van der Waals surface area contributed by atoms with Crippen molar-refractivity contribution in [2.45, 2.75) is 13.5 Å². The zero-order chi connectivity index (χ0) is 23.8. The predicted octanol–water partition coefficient (Wildman–Crippen LogP) is 1.46. The van der Waals surface area contributed by atoms with Gasteiger partial charge in [-0.15, -0.1) is 0 Å². The highest BCUT2D eigenvalue weighted by atomic mass is 16.6. The number of benzene rings is 1. The van der Waals surface area contributed by atoms with Gasteiger partial charge in [0.15, 0.2) is 6.61 Å². The maximum atomic E-state index is 12.0. The molecule has 0 radical (unpaired) electrons. The van der Waals surface area contributed by atoms with E-state index in [2.05, 4.69) is 10.1 Å². The van der Waals surface area contributed by atoms with E-state index in [0.29, 0.717) is 17.3 Å². The number of non-ortho nitro benzene ring substituents is 1. The molecule has 2 rings (SSSR count). The van der Waals surface area contributed by atoms with Crippen LogP contribution in [0.4, 0.5) is 11.4 Å². The van der Waals surface area contributed by atoms with Gasteiger partial charge in [-0.25, -0.2) is 10.4 Å². The van der Waals surface area contributed by atoms with Crippen molar-refractivity contribution in [1.29, 1.82) is 5.26 Å². The molecule has 2 N–H and O–H groups in total. The lowest BCUT2D eigenvalue weighted by atomic mass is 10.1. The zero-order valence-corrected chi connectivity index (χ0v) is 16.8. The van der Waals surface area contributed by atoms with Gasteiger partial charge in [0.2, 0.25) is 11.6 Å². The van der Waals surface area contributed by atoms with E-state index in [9.17, 15) is 35.4 Å². The van der Waals surface area contributed by atoms with Crippen molar-refractivity contribution in [3.8, 4) is 17.7 Å². The summed E-state index contributed by atoms with van der Waals surface area (Å²) in [6.07, 6.45) is 0.801. The van der Waals surface area contributed by atoms with Crippen LogP contribution in [0.25, 0.3) is 0 Å². The van der Waals surface area contributed by atoms with Crippen LogP contribution in [-0.2, 0) is 16.1 Å². The fraction of sp³-hybridized carbons (Fsp3) is 0.222. The second kappa shape index (κ2) is 10.4. The number of rotatable bonds is 9. The van der Waals surface area contributed by atoms with Gasteiger partial charge in [0.25, 0.3) is 11.6 Å². The Bertz CT molecular complexity index is 1140. The summed E-state index contributed by atoms with van der Waals surface area (Å²) in [6.45, 7) is 1.22. The predicted molar refractivity (Wildman–Crippen MR) is 107 cm³/mol. The van der Waals surface area contributed by atoms with Crippen molar-refractivity contribution in [3.05, 3.63) is 60.8 Å². The first kappa shape index (κ1) is 23.6. The minimum absolute atomic E-state index is 0.0781. The van der Waals surface area contributed by atoms with Crippen LogP contribution in [0.2, 0.25) is 0 Å². The Morgan fingerprint density at radius 3 is 2.66 bits per heavy atom. The van der Waals surface area contributed by atoms with Crippen LogP contribution in [0.1, 0.15) is 22.4 Å². The van der Waals surface area contributed by atoms with Crippen LogP contribution in [0, 0.1) is 38.5 Å². The van der Waals surface area contributed by atoms with Crippen molar-refractivity contribution in [2.24, 2.45) is 5.10 Å². The van der Waals surface area contributed by atoms with E-state index < -0.39 is 39.5 Å². The highest BCUT2D eigenvalue weighted by Gasteiger charge is 2.23. The van der Waals surface area contributed by atoms with Gasteiger partial charge in [0.05, 0.1) is 34.3 Å². The monoisotopic (exact) mass is 444 g/mol. The summed E-state index contributed by atoms with van der Waals surface area (Å²) in [7, 11) is 1.46. The molecule has 1 aromatic carbocycles. The minimum Gasteiger partial charge on any atom is -0.502 e. The summed E-state index contributed by atoms with van der Waals surface area (Å²) in [5.74, 6) is -1.73. The van der Waals surface area contributed by atoms with Crippen LogP contribution < -0.4 is 10.2 Å². The molecule has 1 aromatic heterocycles. The van der Waals surface area contributed by atoms with Crippen LogP contribution >= 0.6 is 0 Å². The number of methoxy groups -OCH3 is 1. The number of nitrogens with zero attached hydrogens (tertiary/aromatic N) is 5. The van der Waals surface area contributed by atoms with Crippen LogP contribution in [0.15, 0.2) is 23.3 Å². The largest absolute Gasteiger partial charge is 0.502 e. The zero-order valence-electron chi connectivity index (χ0n) is 16.8. The SMILES string of the molecule is COCc1cc(C)nc(OCC(=O)NN=Cc2cc([N+](=O)[O-])cc([N+](=O)[O-])c2O)c1C#N. The van der Waals surface area contributed by atoms with E-state index in [4.69, 9.17) is 9.47 Å². The average molecular weight is 444 g/mol. The van der Waals surface area contributed by atoms with Gasteiger partial charge in [-0.3, -0.25) is 25.0 Å². The quantitative estimate of drug-likeness (QED) is 0.323. The molecule has 32 heavy (non-hydrogen) atoms. The molecule has 1 heterocycles. The molecule has 0 fully saturated rings. The molecule has 0 atom stereocenters. The van der Waals surface area contributed by atoms with Gasteiger partial charge in [-0.1, -0.05) is 0 Å². The number of carbonyl (C=O) groups excluding carboxylic acids is 1. The second-order valence-corrected chi connectivity index (χ2v) is 6.15. The molecule has 0 unspecified atom stereocenters. The molecule has 14 nitrogen and oxygen atoms in total. The number of aromatic hydroxyl groups is 1. The van der Waals surface area contributed by atoms with Crippen LogP contribution in [0.5, 0.6) is 11.6 Å². The molecule has 0 saturated heterocycles. The summed E-state index contributed by atoms with van der Waals surface area (Å²) in [4.78, 5) is 36.0. The molecule has 0 aliphatic heterocycles. The number of hydrogen-bond donors (Lipinski definition) is 2. The Kier molecular flexibility index (Phi) is 7.69. The number of hydrazone groups is 1. The summed E-state index contributed by atoms with van der Waals surface area (Å²) in [5, 5.41) is 44.6. The summed E-state index contributed by atoms with van der Waals surface area (Å²) < 4.78 is 10.3. The fourth-order valence-corrected chi connectivity index (χ4v) is 2.51. The highest BCUT2D eigenvalue weighted by molar-refractivity contribution is 5.88. The molecule has 0 saturated carbocycles. The van der Waals surface area contributed by atoms with Crippen LogP contribution in [0.3, 0.4) is 0 Å². The minimum atomic E-state index is -0.994. The molecule has 166 valence electrons. The Morgan fingerprint density at radius 2 is 2.06 bits per heavy atom. The molecule has 0 aliphatic carbocycles. The lowest BCUT2D eigenvalue weighted by molar-refractivity contribution is -0.394. The number of ether oxygens (including phenoxy) is 2. The first-order chi connectivity index (χ1) is 15.2. The van der Waals surface area contributed by atoms with Gasteiger partial charge in [0, 0.05) is 24.4 Å². The first-order valence-electron chi connectivity index (χ1n) is 8.68. The number of hydrogen-bond acceptors (Lipinski definition) is 11. The average Bonchev–Trinajstić information content (AvgIpc) is 2.73. The van der Waals surface area contributed by atoms with Gasteiger partial charge in [-0.05, 0) is 13.0 Å². The van der Waals surface area contributed by atoms with Crippen molar-refractivity contribution < 1.29 is 29.2 Å². The third-order valence-electron chi connectivity index (χ3n) is 3.85. The van der Waals surface area contributed by atoms with Crippen molar-refractivity contribution >= 4 is 23.5 Å². The lowest BCUT2D eigenvalue weighted by Crippen LogP contribution is -2.25. The number of carbonyl (C=O) groups is 1. The second-order valence-electron chi connectivity index (χ2n) is 6.15. The van der Waals surface area contributed by atoms with Crippen molar-refractivity contribution in [1.82, 2.24) is 10.4 Å². The summed E-state index contributed by atoms with van der Waals surface area (Å²) >= 11 is 0.